The summed E-state index contributed by atoms with van der Waals surface area (Å²) in [6.45, 7) is 5.28. The number of fused-ring (bicyclic) bond motifs is 2. The van der Waals surface area contributed by atoms with E-state index >= 15 is 0 Å². The van der Waals surface area contributed by atoms with E-state index in [1.54, 1.807) is 26.8 Å². The number of hydrogen-bond donors (Lipinski definition) is 3. The molecule has 2 amide bonds. The Kier molecular flexibility index (Phi) is 7.50. The van der Waals surface area contributed by atoms with Crippen molar-refractivity contribution in [1.29, 1.82) is 0 Å². The van der Waals surface area contributed by atoms with Crippen molar-refractivity contribution in [2.24, 2.45) is 16.3 Å². The lowest BCUT2D eigenvalue weighted by Crippen LogP contribution is -2.59. The maximum Gasteiger partial charge on any atom is 0.334 e. The predicted molar refractivity (Wildman–Crippen MR) is 146 cm³/mol. The molecular formula is C28H34FN7O6. The molecule has 4 heterocycles. The first kappa shape index (κ1) is 29.1. The average Bonchev–Trinajstić information content (AvgIpc) is 3.37. The Morgan fingerprint density at radius 1 is 1.21 bits per heavy atom. The molecule has 1 saturated carbocycles. The van der Waals surface area contributed by atoms with Gasteiger partial charge in [-0.2, -0.15) is 5.11 Å². The Morgan fingerprint density at radius 2 is 1.93 bits per heavy atom. The van der Waals surface area contributed by atoms with Crippen molar-refractivity contribution in [3.8, 4) is 5.75 Å². The lowest BCUT2D eigenvalue weighted by atomic mass is 9.77. The minimum Gasteiger partial charge on any atom is -0.501 e. The number of halogens is 1. The van der Waals surface area contributed by atoms with E-state index in [4.69, 9.17) is 4.74 Å². The third kappa shape index (κ3) is 5.09. The van der Waals surface area contributed by atoms with Gasteiger partial charge in [0.05, 0.1) is 19.2 Å². The molecule has 224 valence electrons. The van der Waals surface area contributed by atoms with Gasteiger partial charge in [-0.25, -0.2) is 14.2 Å². The molecule has 4 aliphatic rings. The number of rotatable bonds is 7. The van der Waals surface area contributed by atoms with Crippen molar-refractivity contribution < 1.29 is 28.6 Å². The number of carbonyl (C=O) groups is 3. The predicted octanol–water partition coefficient (Wildman–Crippen LogP) is 1.84. The van der Waals surface area contributed by atoms with Gasteiger partial charge in [0.25, 0.3) is 11.5 Å². The monoisotopic (exact) mass is 583 g/mol. The smallest absolute Gasteiger partial charge is 0.334 e. The fourth-order valence-corrected chi connectivity index (χ4v) is 5.78. The van der Waals surface area contributed by atoms with Crippen LogP contribution in [-0.2, 0) is 33.0 Å². The number of amides is 2. The summed E-state index contributed by atoms with van der Waals surface area (Å²) in [5.41, 5.74) is -2.48. The largest absolute Gasteiger partial charge is 0.501 e. The van der Waals surface area contributed by atoms with Crippen LogP contribution in [0.15, 0.2) is 33.3 Å². The molecule has 0 spiro atoms. The Balaban J connectivity index is 1.44. The highest BCUT2D eigenvalue weighted by atomic mass is 19.1. The van der Waals surface area contributed by atoms with E-state index < -0.39 is 51.9 Å². The summed E-state index contributed by atoms with van der Waals surface area (Å²) >= 11 is 0. The van der Waals surface area contributed by atoms with Crippen molar-refractivity contribution in [2.45, 2.75) is 76.7 Å². The van der Waals surface area contributed by atoms with Gasteiger partial charge in [0.15, 0.2) is 11.7 Å². The maximum atomic E-state index is 13.8. The average molecular weight is 584 g/mol. The zero-order chi connectivity index (χ0) is 30.4. The zero-order valence-corrected chi connectivity index (χ0v) is 23.9. The van der Waals surface area contributed by atoms with Gasteiger partial charge < -0.3 is 20.5 Å². The lowest BCUT2D eigenvalue weighted by molar-refractivity contribution is -0.143. The SMILES string of the molecule is COC(=O)C1CN(C(C)(C)C(=O)NC23CCC(CC2)Cn2c3nc(C(=O)NCc3ccc(F)c(C)c3)c(O)c2=O)N=N1. The Bertz CT molecular complexity index is 1530. The van der Waals surface area contributed by atoms with Gasteiger partial charge in [0.2, 0.25) is 11.7 Å². The molecule has 1 aromatic carbocycles. The minimum absolute atomic E-state index is 0.0224. The highest BCUT2D eigenvalue weighted by Gasteiger charge is 2.49. The molecule has 6 rings (SSSR count). The van der Waals surface area contributed by atoms with Crippen molar-refractivity contribution in [3.63, 3.8) is 0 Å². The number of carbonyl (C=O) groups excluding carboxylic acids is 3. The van der Waals surface area contributed by atoms with Crippen LogP contribution in [0.3, 0.4) is 0 Å². The standard InChI is InChI=1S/C28H34FN7O6/c1-15-11-17(5-6-18(15)29)12-30-22(38)20-21(37)23(39)35-13-16-7-9-28(10-8-16,25(35)31-20)32-26(41)27(2,3)36-14-19(33-34-36)24(40)42-4/h5-6,11,16,19,37H,7-10,12-14H2,1-4H3,(H,30,38)(H,32,41). The Labute approximate surface area is 241 Å². The first-order chi connectivity index (χ1) is 19.9. The topological polar surface area (TPSA) is 168 Å². The normalized spacial score (nSPS) is 22.8. The molecule has 1 aliphatic carbocycles. The molecule has 1 unspecified atom stereocenters. The molecule has 13 nitrogen and oxygen atoms in total. The second-order valence-corrected chi connectivity index (χ2v) is 11.7. The molecule has 14 heteroatoms. The van der Waals surface area contributed by atoms with Gasteiger partial charge in [-0.3, -0.25) is 24.0 Å². The van der Waals surface area contributed by atoms with Crippen LogP contribution in [0.1, 0.15) is 67.0 Å². The van der Waals surface area contributed by atoms with Gasteiger partial charge in [0.1, 0.15) is 17.2 Å². The molecule has 3 N–H and O–H groups in total. The van der Waals surface area contributed by atoms with Gasteiger partial charge in [0, 0.05) is 13.1 Å². The summed E-state index contributed by atoms with van der Waals surface area (Å²) in [6, 6.07) is 3.57. The molecular weight excluding hydrogens is 549 g/mol. The molecule has 1 fully saturated rings. The second-order valence-electron chi connectivity index (χ2n) is 11.7. The molecule has 2 aromatic rings. The first-order valence-corrected chi connectivity index (χ1v) is 13.8. The van der Waals surface area contributed by atoms with Crippen LogP contribution in [0.4, 0.5) is 4.39 Å². The van der Waals surface area contributed by atoms with Crippen LogP contribution < -0.4 is 16.2 Å². The highest BCUT2D eigenvalue weighted by molar-refractivity contribution is 5.94. The number of aryl methyl sites for hydroxylation is 1. The van der Waals surface area contributed by atoms with E-state index in [-0.39, 0.29) is 30.6 Å². The Hall–Kier alpha value is -4.36. The van der Waals surface area contributed by atoms with E-state index in [1.807, 2.05) is 0 Å². The van der Waals surface area contributed by atoms with E-state index in [2.05, 4.69) is 26.0 Å². The van der Waals surface area contributed by atoms with Crippen molar-refractivity contribution in [2.75, 3.05) is 13.7 Å². The van der Waals surface area contributed by atoms with Gasteiger partial charge in [-0.1, -0.05) is 17.4 Å². The highest BCUT2D eigenvalue weighted by Crippen LogP contribution is 2.43. The summed E-state index contributed by atoms with van der Waals surface area (Å²) in [6.07, 6.45) is 2.34. The number of methoxy groups -OCH3 is 1. The first-order valence-electron chi connectivity index (χ1n) is 13.8. The van der Waals surface area contributed by atoms with Crippen LogP contribution in [0, 0.1) is 18.7 Å². The van der Waals surface area contributed by atoms with Gasteiger partial charge in [-0.15, -0.1) is 0 Å². The quantitative estimate of drug-likeness (QED) is 0.415. The fraction of sp³-hybridized carbons (Fsp3) is 0.536. The number of aromatic nitrogens is 2. The van der Waals surface area contributed by atoms with E-state index in [0.29, 0.717) is 43.4 Å². The summed E-state index contributed by atoms with van der Waals surface area (Å²) in [5.74, 6) is -2.58. The third-order valence-corrected chi connectivity index (χ3v) is 8.54. The number of benzene rings is 1. The number of nitrogens with one attached hydrogen (secondary N) is 2. The van der Waals surface area contributed by atoms with E-state index in [9.17, 15) is 28.7 Å². The molecule has 3 aliphatic heterocycles. The van der Waals surface area contributed by atoms with Gasteiger partial charge >= 0.3 is 5.97 Å². The Morgan fingerprint density at radius 3 is 2.60 bits per heavy atom. The molecule has 0 radical (unpaired) electrons. The summed E-state index contributed by atoms with van der Waals surface area (Å²) in [7, 11) is 1.25. The van der Waals surface area contributed by atoms with E-state index in [0.717, 1.165) is 0 Å². The number of aromatic hydroxyl groups is 1. The molecule has 1 atom stereocenters. The third-order valence-electron chi connectivity index (χ3n) is 8.54. The van der Waals surface area contributed by atoms with Gasteiger partial charge in [-0.05, 0) is 69.6 Å². The van der Waals surface area contributed by atoms with Crippen molar-refractivity contribution in [1.82, 2.24) is 25.2 Å². The summed E-state index contributed by atoms with van der Waals surface area (Å²) in [5, 5.41) is 25.9. The lowest BCUT2D eigenvalue weighted by Gasteiger charge is -2.41. The molecule has 2 bridgehead atoms. The van der Waals surface area contributed by atoms with Crippen LogP contribution in [0.2, 0.25) is 0 Å². The van der Waals surface area contributed by atoms with Crippen molar-refractivity contribution >= 4 is 17.8 Å². The zero-order valence-electron chi connectivity index (χ0n) is 23.9. The fourth-order valence-electron chi connectivity index (χ4n) is 5.78. The van der Waals surface area contributed by atoms with Crippen LogP contribution >= 0.6 is 0 Å². The molecule has 0 saturated heterocycles. The summed E-state index contributed by atoms with van der Waals surface area (Å²) in [4.78, 5) is 56.8. The molecule has 1 aromatic heterocycles. The number of nitrogens with zero attached hydrogens (tertiary/aromatic N) is 5. The van der Waals surface area contributed by atoms with E-state index in [1.165, 1.54) is 28.8 Å². The number of ether oxygens (including phenoxy) is 1. The molecule has 42 heavy (non-hydrogen) atoms. The summed E-state index contributed by atoms with van der Waals surface area (Å²) < 4.78 is 19.8. The minimum atomic E-state index is -1.24. The number of hydrogen-bond acceptors (Lipinski definition) is 10. The second kappa shape index (κ2) is 10.8. The van der Waals surface area contributed by atoms with Crippen molar-refractivity contribution in [3.05, 3.63) is 57.0 Å². The van der Waals surface area contributed by atoms with Crippen LogP contribution in [0.25, 0.3) is 0 Å². The van der Waals surface area contributed by atoms with Crippen LogP contribution in [0.5, 0.6) is 5.75 Å². The van der Waals surface area contributed by atoms with Crippen LogP contribution in [-0.4, -0.2) is 62.7 Å². The maximum absolute atomic E-state index is 13.8. The number of esters is 1.